The highest BCUT2D eigenvalue weighted by Gasteiger charge is 2.45. The summed E-state index contributed by atoms with van der Waals surface area (Å²) in [6.07, 6.45) is 5.72. The minimum Gasteiger partial charge on any atom is -0.207 e. The maximum atomic E-state index is 12.0. The first-order chi connectivity index (χ1) is 7.33. The molecule has 0 unspecified atom stereocenters. The van der Waals surface area contributed by atoms with E-state index in [0.717, 1.165) is 38.5 Å². The van der Waals surface area contributed by atoms with E-state index in [1.165, 1.54) is 0 Å². The van der Waals surface area contributed by atoms with Crippen molar-refractivity contribution in [1.29, 1.82) is 0 Å². The largest absolute Gasteiger partial charge is 0.511 e. The van der Waals surface area contributed by atoms with Gasteiger partial charge in [0.15, 0.2) is 0 Å². The second kappa shape index (κ2) is 5.35. The molecule has 0 aliphatic heterocycles. The van der Waals surface area contributed by atoms with Crippen LogP contribution in [0.3, 0.4) is 0 Å². The average molecular weight is 259 g/mol. The number of rotatable bonds is 3. The molecule has 0 aromatic carbocycles. The summed E-state index contributed by atoms with van der Waals surface area (Å²) in [7, 11) is -5.16. The van der Waals surface area contributed by atoms with Crippen molar-refractivity contribution in [3.8, 4) is 0 Å². The van der Waals surface area contributed by atoms with Crippen LogP contribution in [-0.2, 0) is 10.0 Å². The second-order valence-electron chi connectivity index (χ2n) is 4.16. The zero-order valence-electron chi connectivity index (χ0n) is 8.89. The van der Waals surface area contributed by atoms with Gasteiger partial charge in [0.05, 0.1) is 0 Å². The summed E-state index contributed by atoms with van der Waals surface area (Å²) in [5.41, 5.74) is -5.20. The van der Waals surface area contributed by atoms with E-state index in [9.17, 15) is 21.6 Å². The Bertz CT molecular complexity index is 305. The van der Waals surface area contributed by atoms with Gasteiger partial charge in [-0.3, -0.25) is 0 Å². The third kappa shape index (κ3) is 3.93. The van der Waals surface area contributed by atoms with Gasteiger partial charge in [-0.1, -0.05) is 25.7 Å². The van der Waals surface area contributed by atoms with E-state index in [0.29, 0.717) is 0 Å². The van der Waals surface area contributed by atoms with Gasteiger partial charge in [0.1, 0.15) is 0 Å². The number of hydrogen-bond acceptors (Lipinski definition) is 2. The lowest BCUT2D eigenvalue weighted by molar-refractivity contribution is -0.0448. The van der Waals surface area contributed by atoms with E-state index in [-0.39, 0.29) is 12.5 Å². The summed E-state index contributed by atoms with van der Waals surface area (Å²) in [5.74, 6) is 0.0413. The molecule has 0 radical (unpaired) electrons. The van der Waals surface area contributed by atoms with Crippen LogP contribution in [0.5, 0.6) is 0 Å². The number of halogens is 3. The maximum absolute atomic E-state index is 12.0. The van der Waals surface area contributed by atoms with Crippen molar-refractivity contribution in [2.45, 2.75) is 44.0 Å². The maximum Gasteiger partial charge on any atom is 0.511 e. The van der Waals surface area contributed by atoms with Crippen molar-refractivity contribution in [1.82, 2.24) is 4.72 Å². The Hall–Kier alpha value is -0.300. The van der Waals surface area contributed by atoms with Crippen LogP contribution in [0.25, 0.3) is 0 Å². The van der Waals surface area contributed by atoms with Crippen molar-refractivity contribution in [2.75, 3.05) is 6.54 Å². The minimum atomic E-state index is -5.20. The van der Waals surface area contributed by atoms with Crippen LogP contribution in [0.1, 0.15) is 38.5 Å². The molecule has 0 aromatic rings. The molecular formula is C9H16F3NO2S. The van der Waals surface area contributed by atoms with Crippen molar-refractivity contribution in [2.24, 2.45) is 5.92 Å². The SMILES string of the molecule is O=S(=O)(NCC1CCCCCC1)C(F)(F)F. The second-order valence-corrected chi connectivity index (χ2v) is 5.91. The Balaban J connectivity index is 2.44. The lowest BCUT2D eigenvalue weighted by Crippen LogP contribution is -2.39. The van der Waals surface area contributed by atoms with Gasteiger partial charge < -0.3 is 0 Å². The fourth-order valence-electron chi connectivity index (χ4n) is 1.88. The van der Waals surface area contributed by atoms with E-state index in [1.807, 2.05) is 0 Å². The molecule has 1 rings (SSSR count). The lowest BCUT2D eigenvalue weighted by atomic mass is 10.0. The highest BCUT2D eigenvalue weighted by Crippen LogP contribution is 2.25. The van der Waals surface area contributed by atoms with Crippen molar-refractivity contribution >= 4 is 10.0 Å². The summed E-state index contributed by atoms with van der Waals surface area (Å²) in [5, 5.41) is 0. The normalized spacial score (nSPS) is 20.7. The predicted octanol–water partition coefficient (Wildman–Crippen LogP) is 2.40. The van der Waals surface area contributed by atoms with Crippen LogP contribution >= 0.6 is 0 Å². The van der Waals surface area contributed by atoms with Crippen molar-refractivity contribution in [3.63, 3.8) is 0 Å². The third-order valence-electron chi connectivity index (χ3n) is 2.84. The number of sulfonamides is 1. The molecule has 7 heteroatoms. The topological polar surface area (TPSA) is 46.2 Å². The summed E-state index contributed by atoms with van der Waals surface area (Å²) in [4.78, 5) is 0. The van der Waals surface area contributed by atoms with Gasteiger partial charge in [-0.25, -0.2) is 13.1 Å². The van der Waals surface area contributed by atoms with Crippen LogP contribution in [-0.4, -0.2) is 20.5 Å². The van der Waals surface area contributed by atoms with Gasteiger partial charge in [0.25, 0.3) is 0 Å². The lowest BCUT2D eigenvalue weighted by Gasteiger charge is -2.15. The Kier molecular flexibility index (Phi) is 4.61. The third-order valence-corrected chi connectivity index (χ3v) is 4.00. The Morgan fingerprint density at radius 2 is 1.56 bits per heavy atom. The van der Waals surface area contributed by atoms with E-state index in [1.54, 1.807) is 4.72 Å². The molecule has 1 aliphatic carbocycles. The molecule has 1 fully saturated rings. The zero-order valence-corrected chi connectivity index (χ0v) is 9.70. The molecule has 0 saturated heterocycles. The summed E-state index contributed by atoms with van der Waals surface area (Å²) in [6.45, 7) is -0.0954. The van der Waals surface area contributed by atoms with Gasteiger partial charge in [-0.2, -0.15) is 13.2 Å². The summed E-state index contributed by atoms with van der Waals surface area (Å²) >= 11 is 0. The number of alkyl halides is 3. The van der Waals surface area contributed by atoms with Crippen molar-refractivity contribution in [3.05, 3.63) is 0 Å². The van der Waals surface area contributed by atoms with E-state index in [4.69, 9.17) is 0 Å². The van der Waals surface area contributed by atoms with Gasteiger partial charge in [0, 0.05) is 6.54 Å². The van der Waals surface area contributed by atoms with Crippen LogP contribution in [0.15, 0.2) is 0 Å². The summed E-state index contributed by atoms with van der Waals surface area (Å²) < 4.78 is 59.2. The fraction of sp³-hybridized carbons (Fsp3) is 1.00. The zero-order chi connectivity index (χ0) is 12.2. The highest BCUT2D eigenvalue weighted by molar-refractivity contribution is 7.90. The van der Waals surface area contributed by atoms with Crippen molar-refractivity contribution < 1.29 is 21.6 Å². The molecule has 1 aliphatic rings. The fourth-order valence-corrected chi connectivity index (χ4v) is 2.50. The molecule has 0 spiro atoms. The van der Waals surface area contributed by atoms with Crippen LogP contribution < -0.4 is 4.72 Å². The summed E-state index contributed by atoms with van der Waals surface area (Å²) in [6, 6.07) is 0. The smallest absolute Gasteiger partial charge is 0.207 e. The van der Waals surface area contributed by atoms with Gasteiger partial charge in [-0.05, 0) is 18.8 Å². The molecule has 16 heavy (non-hydrogen) atoms. The Morgan fingerprint density at radius 3 is 2.00 bits per heavy atom. The molecule has 0 heterocycles. The van der Waals surface area contributed by atoms with E-state index < -0.39 is 15.5 Å². The highest BCUT2D eigenvalue weighted by atomic mass is 32.2. The first-order valence-electron chi connectivity index (χ1n) is 5.39. The number of hydrogen-bond donors (Lipinski definition) is 1. The van der Waals surface area contributed by atoms with Crippen LogP contribution in [0.4, 0.5) is 13.2 Å². The van der Waals surface area contributed by atoms with Gasteiger partial charge in [-0.15, -0.1) is 0 Å². The molecule has 3 nitrogen and oxygen atoms in total. The van der Waals surface area contributed by atoms with Gasteiger partial charge >= 0.3 is 15.5 Å². The van der Waals surface area contributed by atoms with Crippen LogP contribution in [0, 0.1) is 5.92 Å². The van der Waals surface area contributed by atoms with Crippen LogP contribution in [0.2, 0.25) is 0 Å². The molecular weight excluding hydrogens is 243 g/mol. The Labute approximate surface area is 93.5 Å². The van der Waals surface area contributed by atoms with E-state index in [2.05, 4.69) is 0 Å². The molecule has 1 N–H and O–H groups in total. The number of nitrogens with one attached hydrogen (secondary N) is 1. The molecule has 1 saturated carbocycles. The van der Waals surface area contributed by atoms with Gasteiger partial charge in [0.2, 0.25) is 0 Å². The molecule has 0 amide bonds. The standard InChI is InChI=1S/C9H16F3NO2S/c10-9(11,12)16(14,15)13-7-8-5-3-1-2-4-6-8/h8,13H,1-7H2. The molecule has 0 aromatic heterocycles. The minimum absolute atomic E-state index is 0.0413. The first kappa shape index (κ1) is 13.8. The Morgan fingerprint density at radius 1 is 1.06 bits per heavy atom. The molecule has 0 bridgehead atoms. The first-order valence-corrected chi connectivity index (χ1v) is 6.87. The predicted molar refractivity (Wildman–Crippen MR) is 54.2 cm³/mol. The average Bonchev–Trinajstić information content (AvgIpc) is 2.41. The molecule has 96 valence electrons. The van der Waals surface area contributed by atoms with E-state index >= 15 is 0 Å². The monoisotopic (exact) mass is 259 g/mol. The molecule has 0 atom stereocenters. The quantitative estimate of drug-likeness (QED) is 0.791.